The van der Waals surface area contributed by atoms with E-state index < -0.39 is 0 Å². The Bertz CT molecular complexity index is 901. The molecule has 3 aromatic carbocycles. The first-order chi connectivity index (χ1) is 11.6. The molecule has 0 N–H and O–H groups in total. The molecule has 3 rings (SSSR count). The summed E-state index contributed by atoms with van der Waals surface area (Å²) >= 11 is 12.2. The van der Waals surface area contributed by atoms with Crippen LogP contribution >= 0.6 is 23.2 Å². The molecule has 0 spiro atoms. The fourth-order valence-corrected chi connectivity index (χ4v) is 2.94. The molecule has 0 saturated heterocycles. The van der Waals surface area contributed by atoms with E-state index in [-0.39, 0.29) is 0 Å². The van der Waals surface area contributed by atoms with Crippen molar-refractivity contribution in [2.45, 2.75) is 0 Å². The van der Waals surface area contributed by atoms with Crippen LogP contribution in [0.3, 0.4) is 0 Å². The van der Waals surface area contributed by atoms with Crippen LogP contribution in [-0.4, -0.2) is 0 Å². The van der Waals surface area contributed by atoms with Gasteiger partial charge in [0.1, 0.15) is 0 Å². The Balaban J connectivity index is 2.08. The number of hydrogen-bond acceptors (Lipinski definition) is 0. The number of terminal acetylenes is 2. The van der Waals surface area contributed by atoms with Crippen molar-refractivity contribution < 1.29 is 0 Å². The van der Waals surface area contributed by atoms with Crippen LogP contribution in [0, 0.1) is 24.7 Å². The largest absolute Gasteiger partial charge is 0.115 e. The van der Waals surface area contributed by atoms with Gasteiger partial charge in [-0.15, -0.1) is 12.8 Å². The van der Waals surface area contributed by atoms with E-state index in [0.29, 0.717) is 10.0 Å². The minimum atomic E-state index is 0.650. The van der Waals surface area contributed by atoms with Gasteiger partial charge in [0.2, 0.25) is 0 Å². The third-order valence-electron chi connectivity index (χ3n) is 3.78. The van der Waals surface area contributed by atoms with Crippen molar-refractivity contribution in [2.24, 2.45) is 0 Å². The molecule has 2 heteroatoms. The number of benzene rings is 3. The van der Waals surface area contributed by atoms with Gasteiger partial charge in [0.05, 0.1) is 0 Å². The molecule has 0 bridgehead atoms. The topological polar surface area (TPSA) is 0 Å². The van der Waals surface area contributed by atoms with Crippen molar-refractivity contribution in [3.8, 4) is 46.9 Å². The number of halogens is 2. The Hall–Kier alpha value is -2.64. The second-order valence-electron chi connectivity index (χ2n) is 5.25. The van der Waals surface area contributed by atoms with E-state index in [1.807, 2.05) is 48.5 Å². The second-order valence-corrected chi connectivity index (χ2v) is 6.12. The van der Waals surface area contributed by atoms with Crippen molar-refractivity contribution in [1.29, 1.82) is 0 Å². The molecule has 0 radical (unpaired) electrons. The maximum absolute atomic E-state index is 6.10. The average molecular weight is 347 g/mol. The Morgan fingerprint density at radius 2 is 0.958 bits per heavy atom. The molecule has 0 nitrogen and oxygen atoms in total. The lowest BCUT2D eigenvalue weighted by atomic mass is 9.95. The lowest BCUT2D eigenvalue weighted by molar-refractivity contribution is 1.55. The SMILES string of the molecule is C#Cc1ccc(Cl)cc1-c1ccc(-c2cc(Cl)ccc2C#C)cc1. The summed E-state index contributed by atoms with van der Waals surface area (Å²) in [6, 6.07) is 19.0. The Morgan fingerprint density at radius 3 is 1.29 bits per heavy atom. The average Bonchev–Trinajstić information content (AvgIpc) is 2.62. The molecule has 0 aromatic heterocycles. The zero-order valence-electron chi connectivity index (χ0n) is 12.7. The fraction of sp³-hybridized carbons (Fsp3) is 0. The van der Waals surface area contributed by atoms with E-state index in [0.717, 1.165) is 33.4 Å². The molecule has 0 fully saturated rings. The van der Waals surface area contributed by atoms with E-state index in [4.69, 9.17) is 36.0 Å². The Kier molecular flexibility index (Phi) is 4.64. The van der Waals surface area contributed by atoms with E-state index in [1.54, 1.807) is 12.1 Å². The molecule has 0 aliphatic carbocycles. The van der Waals surface area contributed by atoms with Crippen LogP contribution in [0.15, 0.2) is 60.7 Å². The lowest BCUT2D eigenvalue weighted by Gasteiger charge is -2.09. The third-order valence-corrected chi connectivity index (χ3v) is 4.25. The van der Waals surface area contributed by atoms with Crippen LogP contribution in [0.2, 0.25) is 10.0 Å². The summed E-state index contributed by atoms with van der Waals surface area (Å²) in [5, 5.41) is 1.30. The van der Waals surface area contributed by atoms with E-state index in [1.165, 1.54) is 0 Å². The molecular weight excluding hydrogens is 335 g/mol. The minimum Gasteiger partial charge on any atom is -0.115 e. The van der Waals surface area contributed by atoms with Gasteiger partial charge in [-0.2, -0.15) is 0 Å². The van der Waals surface area contributed by atoms with E-state index >= 15 is 0 Å². The van der Waals surface area contributed by atoms with Crippen molar-refractivity contribution in [3.05, 3.63) is 81.8 Å². The lowest BCUT2D eigenvalue weighted by Crippen LogP contribution is -1.87. The summed E-state index contributed by atoms with van der Waals surface area (Å²) in [6.07, 6.45) is 11.2. The van der Waals surface area contributed by atoms with Crippen LogP contribution in [0.4, 0.5) is 0 Å². The van der Waals surface area contributed by atoms with Gasteiger partial charge in [-0.1, -0.05) is 59.3 Å². The smallest absolute Gasteiger partial charge is 0.0413 e. The summed E-state index contributed by atoms with van der Waals surface area (Å²) in [6.45, 7) is 0. The van der Waals surface area contributed by atoms with Gasteiger partial charge >= 0.3 is 0 Å². The molecule has 0 aliphatic rings. The van der Waals surface area contributed by atoms with Gasteiger partial charge in [-0.05, 0) is 58.7 Å². The molecule has 114 valence electrons. The summed E-state index contributed by atoms with van der Waals surface area (Å²) in [5.41, 5.74) is 5.47. The summed E-state index contributed by atoms with van der Waals surface area (Å²) in [4.78, 5) is 0. The zero-order chi connectivity index (χ0) is 17.1. The Morgan fingerprint density at radius 1 is 0.583 bits per heavy atom. The van der Waals surface area contributed by atoms with Crippen molar-refractivity contribution in [2.75, 3.05) is 0 Å². The molecular formula is C22H12Cl2. The van der Waals surface area contributed by atoms with Crippen LogP contribution in [0.1, 0.15) is 11.1 Å². The number of rotatable bonds is 2. The fourth-order valence-electron chi connectivity index (χ4n) is 2.59. The van der Waals surface area contributed by atoms with Gasteiger partial charge < -0.3 is 0 Å². The van der Waals surface area contributed by atoms with Gasteiger partial charge in [-0.3, -0.25) is 0 Å². The second kappa shape index (κ2) is 6.86. The van der Waals surface area contributed by atoms with Crippen LogP contribution in [0.5, 0.6) is 0 Å². The first kappa shape index (κ1) is 16.2. The van der Waals surface area contributed by atoms with Gasteiger partial charge in [0.25, 0.3) is 0 Å². The van der Waals surface area contributed by atoms with E-state index in [2.05, 4.69) is 11.8 Å². The highest BCUT2D eigenvalue weighted by atomic mass is 35.5. The van der Waals surface area contributed by atoms with Gasteiger partial charge in [-0.25, -0.2) is 0 Å². The van der Waals surface area contributed by atoms with Crippen molar-refractivity contribution >= 4 is 23.2 Å². The first-order valence-electron chi connectivity index (χ1n) is 7.25. The predicted molar refractivity (Wildman–Crippen MR) is 103 cm³/mol. The van der Waals surface area contributed by atoms with Crippen LogP contribution < -0.4 is 0 Å². The molecule has 0 saturated carbocycles. The molecule has 0 unspecified atom stereocenters. The summed E-state index contributed by atoms with van der Waals surface area (Å²) < 4.78 is 0. The molecule has 0 heterocycles. The van der Waals surface area contributed by atoms with Crippen LogP contribution in [0.25, 0.3) is 22.3 Å². The quantitative estimate of drug-likeness (QED) is 0.478. The monoisotopic (exact) mass is 346 g/mol. The standard InChI is InChI=1S/C22H12Cl2/c1-3-15-9-11-19(23)13-21(15)17-5-7-18(8-6-17)22-14-20(24)12-10-16(22)4-2/h1-2,5-14H. The first-order valence-corrected chi connectivity index (χ1v) is 8.01. The predicted octanol–water partition coefficient (Wildman–Crippen LogP) is 6.29. The third kappa shape index (κ3) is 3.17. The molecule has 0 aliphatic heterocycles. The molecule has 0 amide bonds. The highest BCUT2D eigenvalue weighted by Crippen LogP contribution is 2.31. The summed E-state index contributed by atoms with van der Waals surface area (Å²) in [5.74, 6) is 5.38. The van der Waals surface area contributed by atoms with Crippen molar-refractivity contribution in [1.82, 2.24) is 0 Å². The van der Waals surface area contributed by atoms with E-state index in [9.17, 15) is 0 Å². The Labute approximate surface area is 152 Å². The van der Waals surface area contributed by atoms with Gasteiger partial charge in [0, 0.05) is 21.2 Å². The number of hydrogen-bond donors (Lipinski definition) is 0. The highest BCUT2D eigenvalue weighted by molar-refractivity contribution is 6.31. The summed E-state index contributed by atoms with van der Waals surface area (Å²) in [7, 11) is 0. The molecule has 24 heavy (non-hydrogen) atoms. The highest BCUT2D eigenvalue weighted by Gasteiger charge is 2.08. The normalized spacial score (nSPS) is 10.0. The van der Waals surface area contributed by atoms with Gasteiger partial charge in [0.15, 0.2) is 0 Å². The zero-order valence-corrected chi connectivity index (χ0v) is 14.2. The molecule has 3 aromatic rings. The minimum absolute atomic E-state index is 0.650. The maximum atomic E-state index is 6.10. The maximum Gasteiger partial charge on any atom is 0.0413 e. The molecule has 0 atom stereocenters. The van der Waals surface area contributed by atoms with Crippen molar-refractivity contribution in [3.63, 3.8) is 0 Å². The van der Waals surface area contributed by atoms with Crippen LogP contribution in [-0.2, 0) is 0 Å².